The molecule has 0 radical (unpaired) electrons. The Morgan fingerprint density at radius 3 is 2.75 bits per heavy atom. The lowest BCUT2D eigenvalue weighted by Crippen LogP contribution is -2.50. The summed E-state index contributed by atoms with van der Waals surface area (Å²) in [5, 5.41) is 0. The highest BCUT2D eigenvalue weighted by molar-refractivity contribution is 5.15. The monoisotopic (exact) mass is 274 g/mol. The second-order valence-electron chi connectivity index (χ2n) is 8.49. The van der Waals surface area contributed by atoms with Crippen molar-refractivity contribution in [3.8, 4) is 0 Å². The first-order valence-electron chi connectivity index (χ1n) is 8.89. The average Bonchev–Trinajstić information content (AvgIpc) is 2.71. The summed E-state index contributed by atoms with van der Waals surface area (Å²) in [6.45, 7) is 7.17. The molecule has 3 aliphatic carbocycles. The van der Waals surface area contributed by atoms with E-state index in [0.29, 0.717) is 10.8 Å². The van der Waals surface area contributed by atoms with E-state index in [4.69, 9.17) is 4.74 Å². The molecule has 0 spiro atoms. The van der Waals surface area contributed by atoms with Crippen molar-refractivity contribution in [2.45, 2.75) is 58.8 Å². The summed E-state index contributed by atoms with van der Waals surface area (Å²) in [6.07, 6.45) is 14.9. The van der Waals surface area contributed by atoms with E-state index in [1.807, 2.05) is 0 Å². The summed E-state index contributed by atoms with van der Waals surface area (Å²) in [5.41, 5.74) is 1.11. The molecule has 0 aromatic rings. The van der Waals surface area contributed by atoms with Crippen LogP contribution in [0.2, 0.25) is 0 Å². The summed E-state index contributed by atoms with van der Waals surface area (Å²) in [6, 6.07) is 0. The fourth-order valence-corrected chi connectivity index (χ4v) is 6.50. The third kappa shape index (κ3) is 1.78. The van der Waals surface area contributed by atoms with Crippen LogP contribution in [0.25, 0.3) is 0 Å². The number of allylic oxidation sites excluding steroid dienone is 2. The Morgan fingerprint density at radius 2 is 1.85 bits per heavy atom. The number of hydrogen-bond acceptors (Lipinski definition) is 1. The third-order valence-corrected chi connectivity index (χ3v) is 7.79. The first kappa shape index (κ1) is 13.4. The van der Waals surface area contributed by atoms with Crippen LogP contribution >= 0.6 is 0 Å². The van der Waals surface area contributed by atoms with Gasteiger partial charge in [-0.25, -0.2) is 0 Å². The molecule has 0 aromatic heterocycles. The van der Waals surface area contributed by atoms with Gasteiger partial charge in [-0.2, -0.15) is 0 Å². The first-order valence-corrected chi connectivity index (χ1v) is 8.89. The van der Waals surface area contributed by atoms with Gasteiger partial charge in [0.2, 0.25) is 0 Å². The van der Waals surface area contributed by atoms with Gasteiger partial charge >= 0.3 is 0 Å². The van der Waals surface area contributed by atoms with Gasteiger partial charge in [0, 0.05) is 13.2 Å². The summed E-state index contributed by atoms with van der Waals surface area (Å²) < 4.78 is 5.83. The zero-order valence-electron chi connectivity index (χ0n) is 13.2. The van der Waals surface area contributed by atoms with Gasteiger partial charge in [-0.3, -0.25) is 0 Å². The molecule has 1 aliphatic heterocycles. The van der Waals surface area contributed by atoms with Crippen molar-refractivity contribution >= 4 is 0 Å². The number of hydrogen-bond donors (Lipinski definition) is 0. The van der Waals surface area contributed by atoms with E-state index in [1.54, 1.807) is 0 Å². The van der Waals surface area contributed by atoms with Gasteiger partial charge in [0.25, 0.3) is 0 Å². The zero-order valence-corrected chi connectivity index (χ0v) is 13.2. The molecule has 6 unspecified atom stereocenters. The van der Waals surface area contributed by atoms with E-state index in [0.717, 1.165) is 36.9 Å². The van der Waals surface area contributed by atoms with Crippen molar-refractivity contribution < 1.29 is 4.74 Å². The molecular formula is C19H30O. The predicted molar refractivity (Wildman–Crippen MR) is 82.5 cm³/mol. The largest absolute Gasteiger partial charge is 0.381 e. The van der Waals surface area contributed by atoms with Gasteiger partial charge in [-0.1, -0.05) is 26.0 Å². The average molecular weight is 274 g/mol. The Kier molecular flexibility index (Phi) is 3.07. The van der Waals surface area contributed by atoms with Crippen molar-refractivity contribution in [1.82, 2.24) is 0 Å². The van der Waals surface area contributed by atoms with Crippen LogP contribution in [0.5, 0.6) is 0 Å². The Labute approximate surface area is 124 Å². The maximum absolute atomic E-state index is 5.83. The van der Waals surface area contributed by atoms with Crippen LogP contribution in [0.15, 0.2) is 12.2 Å². The van der Waals surface area contributed by atoms with Gasteiger partial charge in [-0.15, -0.1) is 0 Å². The molecule has 6 atom stereocenters. The third-order valence-electron chi connectivity index (χ3n) is 7.79. The Balaban J connectivity index is 1.64. The SMILES string of the molecule is CC12C=CCC1C1CCC3CCOCCC3(C)C1CC2. The smallest absolute Gasteiger partial charge is 0.0471 e. The first-order chi connectivity index (χ1) is 9.63. The van der Waals surface area contributed by atoms with Crippen molar-refractivity contribution in [3.63, 3.8) is 0 Å². The van der Waals surface area contributed by atoms with Gasteiger partial charge in [-0.05, 0) is 79.4 Å². The minimum Gasteiger partial charge on any atom is -0.381 e. The zero-order chi connectivity index (χ0) is 13.8. The summed E-state index contributed by atoms with van der Waals surface area (Å²) in [7, 11) is 0. The van der Waals surface area contributed by atoms with Crippen molar-refractivity contribution in [1.29, 1.82) is 0 Å². The lowest BCUT2D eigenvalue weighted by Gasteiger charge is -2.58. The number of fused-ring (bicyclic) bond motifs is 5. The molecule has 2 saturated carbocycles. The standard InChI is InChI=1S/C19H30O/c1-18-9-3-4-16(18)15-6-5-14-8-12-20-13-11-19(14,2)17(15)7-10-18/h3,9,14-17H,4-8,10-13H2,1-2H3. The topological polar surface area (TPSA) is 9.23 Å². The van der Waals surface area contributed by atoms with Gasteiger partial charge in [0.1, 0.15) is 0 Å². The molecule has 0 N–H and O–H groups in total. The second-order valence-corrected chi connectivity index (χ2v) is 8.49. The lowest BCUT2D eigenvalue weighted by molar-refractivity contribution is -0.0816. The molecule has 20 heavy (non-hydrogen) atoms. The van der Waals surface area contributed by atoms with Crippen molar-refractivity contribution in [2.24, 2.45) is 34.5 Å². The van der Waals surface area contributed by atoms with Gasteiger partial charge in [0.15, 0.2) is 0 Å². The van der Waals surface area contributed by atoms with E-state index >= 15 is 0 Å². The number of rotatable bonds is 0. The summed E-state index contributed by atoms with van der Waals surface area (Å²) in [5.74, 6) is 3.84. The van der Waals surface area contributed by atoms with Gasteiger partial charge < -0.3 is 4.74 Å². The highest BCUT2D eigenvalue weighted by atomic mass is 16.5. The highest BCUT2D eigenvalue weighted by Gasteiger charge is 2.55. The molecule has 4 aliphatic rings. The van der Waals surface area contributed by atoms with Crippen LogP contribution < -0.4 is 0 Å². The molecule has 1 saturated heterocycles. The van der Waals surface area contributed by atoms with Crippen molar-refractivity contribution in [2.75, 3.05) is 13.2 Å². The minimum atomic E-state index is 0.533. The molecule has 0 bridgehead atoms. The van der Waals surface area contributed by atoms with E-state index in [9.17, 15) is 0 Å². The molecule has 1 heterocycles. The fraction of sp³-hybridized carbons (Fsp3) is 0.895. The minimum absolute atomic E-state index is 0.533. The van der Waals surface area contributed by atoms with Crippen LogP contribution in [-0.4, -0.2) is 13.2 Å². The molecule has 1 nitrogen and oxygen atoms in total. The lowest BCUT2D eigenvalue weighted by atomic mass is 9.47. The van der Waals surface area contributed by atoms with Gasteiger partial charge in [0.05, 0.1) is 0 Å². The molecule has 0 amide bonds. The molecule has 4 rings (SSSR count). The Hall–Kier alpha value is -0.300. The van der Waals surface area contributed by atoms with E-state index < -0.39 is 0 Å². The quantitative estimate of drug-likeness (QED) is 0.575. The van der Waals surface area contributed by atoms with E-state index in [-0.39, 0.29) is 0 Å². The molecule has 112 valence electrons. The van der Waals surface area contributed by atoms with Crippen LogP contribution in [-0.2, 0) is 4.74 Å². The molecule has 1 heteroatoms. The molecular weight excluding hydrogens is 244 g/mol. The normalized spacial score (nSPS) is 54.7. The van der Waals surface area contributed by atoms with Crippen LogP contribution in [0.1, 0.15) is 58.8 Å². The van der Waals surface area contributed by atoms with Crippen LogP contribution in [0, 0.1) is 34.5 Å². The second kappa shape index (κ2) is 4.60. The molecule has 3 fully saturated rings. The van der Waals surface area contributed by atoms with E-state index in [1.165, 1.54) is 44.9 Å². The summed E-state index contributed by atoms with van der Waals surface area (Å²) in [4.78, 5) is 0. The van der Waals surface area contributed by atoms with Crippen molar-refractivity contribution in [3.05, 3.63) is 12.2 Å². The maximum Gasteiger partial charge on any atom is 0.0471 e. The fourth-order valence-electron chi connectivity index (χ4n) is 6.50. The Morgan fingerprint density at radius 1 is 0.950 bits per heavy atom. The summed E-state index contributed by atoms with van der Waals surface area (Å²) >= 11 is 0. The Bertz CT molecular complexity index is 414. The van der Waals surface area contributed by atoms with Crippen LogP contribution in [0.3, 0.4) is 0 Å². The highest BCUT2D eigenvalue weighted by Crippen LogP contribution is 2.63. The maximum atomic E-state index is 5.83. The van der Waals surface area contributed by atoms with Crippen LogP contribution in [0.4, 0.5) is 0 Å². The van der Waals surface area contributed by atoms with E-state index in [2.05, 4.69) is 26.0 Å². The predicted octanol–water partition coefficient (Wildman–Crippen LogP) is 4.82. The molecule has 0 aromatic carbocycles. The number of ether oxygens (including phenoxy) is 1.